The van der Waals surface area contributed by atoms with Crippen LogP contribution in [-0.4, -0.2) is 20.1 Å². The van der Waals surface area contributed by atoms with Crippen LogP contribution in [0.5, 0.6) is 0 Å². The molecule has 0 saturated carbocycles. The molecule has 3 nitrogen and oxygen atoms in total. The minimum absolute atomic E-state index is 0.0203. The highest BCUT2D eigenvalue weighted by Gasteiger charge is 2.42. The average Bonchev–Trinajstić information content (AvgIpc) is 0.731. The number of aryl methyl sites for hydroxylation is 4. The van der Waals surface area contributed by atoms with E-state index in [1.165, 1.54) is 195 Å². The lowest BCUT2D eigenvalue weighted by Crippen LogP contribution is -2.58. The fraction of sp³-hybridized carbons (Fsp3) is 0.0690. The molecule has 0 radical (unpaired) electrons. The van der Waals surface area contributed by atoms with Crippen LogP contribution in [0.4, 0.5) is 51.2 Å². The van der Waals surface area contributed by atoms with Crippen LogP contribution >= 0.6 is 0 Å². The van der Waals surface area contributed by atoms with Gasteiger partial charge in [0.15, 0.2) is 0 Å². The van der Waals surface area contributed by atoms with Crippen LogP contribution in [0.1, 0.15) is 48.6 Å². The van der Waals surface area contributed by atoms with E-state index in [2.05, 4.69) is 506 Å². The van der Waals surface area contributed by atoms with Crippen molar-refractivity contribution in [3.8, 4) is 66.8 Å². The number of anilines is 9. The molecule has 582 valence electrons. The van der Waals surface area contributed by atoms with E-state index < -0.39 is 0 Å². The highest BCUT2D eigenvalue weighted by molar-refractivity contribution is 7.01. The summed E-state index contributed by atoms with van der Waals surface area (Å²) in [6, 6.07) is 162. The summed E-state index contributed by atoms with van der Waals surface area (Å²) in [5, 5.41) is 0. The number of nitrogens with zero attached hydrogens (tertiary/aromatic N) is 3. The number of para-hydroxylation sites is 7. The normalized spacial score (nSPS) is 12.3. The summed E-state index contributed by atoms with van der Waals surface area (Å²) in [6.45, 7) is 15.9. The summed E-state index contributed by atoms with van der Waals surface area (Å²) in [5.74, 6) is 0. The lowest BCUT2D eigenvalue weighted by atomic mass is 9.33. The predicted molar refractivity (Wildman–Crippen MR) is 527 cm³/mol. The van der Waals surface area contributed by atoms with Gasteiger partial charge in [-0.15, -0.1) is 0 Å². The van der Waals surface area contributed by atoms with Gasteiger partial charge in [0.05, 0.1) is 0 Å². The molecule has 3 aliphatic rings. The molecule has 21 rings (SSSR count). The lowest BCUT2D eigenvalue weighted by Gasteiger charge is -2.39. The third kappa shape index (κ3) is 15.0. The van der Waals surface area contributed by atoms with Crippen molar-refractivity contribution in [2.24, 2.45) is 0 Å². The summed E-state index contributed by atoms with van der Waals surface area (Å²) in [7, 11) is 0. The molecule has 3 aliphatic heterocycles. The molecule has 122 heavy (non-hydrogen) atoms. The molecular formula is C116H94B3N3. The Morgan fingerprint density at radius 2 is 0.410 bits per heavy atom. The van der Waals surface area contributed by atoms with Crippen molar-refractivity contribution in [2.75, 3.05) is 14.7 Å². The molecule has 3 heterocycles. The van der Waals surface area contributed by atoms with E-state index in [1.807, 2.05) is 0 Å². The van der Waals surface area contributed by atoms with Gasteiger partial charge in [0, 0.05) is 51.2 Å². The third-order valence-corrected chi connectivity index (χ3v) is 24.6. The van der Waals surface area contributed by atoms with Crippen LogP contribution in [0.3, 0.4) is 0 Å². The standard InChI is InChI=1S/C41H36BN.C38H30BN.C37H28BN/c1-29-15-13-18-31(27-29)35-22-14-21-34(30-16-7-5-8-17-30)40(35)42-36-23-11-12-24-38(36)43(33-19-9-6-10-20-33)39-26-25-32(28-37(39)42)41(2,3)4;1-27-13-11-16-30(25-27)33-20-12-19-32(29-14-5-3-6-15-29)38(33)39-34-21-9-10-22-36(34)40(31-17-7-4-8-18-31)37-24-23-28(2)26-35(37)39;1-27-14-12-17-29(26-27)32-21-13-20-31(28-15-4-2-5-16-28)37(32)38-33-22-8-10-24-35(33)39(30-18-6-3-7-19-30)36-25-11-9-23-34(36)38/h5-28H,1-4H3;3-26H,1-2H3;2-26H,1H3. The van der Waals surface area contributed by atoms with Crippen molar-refractivity contribution in [1.82, 2.24) is 0 Å². The molecular weight excluding hydrogens is 1470 g/mol. The van der Waals surface area contributed by atoms with Crippen LogP contribution in [-0.2, 0) is 5.41 Å². The Morgan fingerprint density at radius 1 is 0.180 bits per heavy atom. The molecule has 0 atom stereocenters. The first-order valence-electron chi connectivity index (χ1n) is 42.8. The van der Waals surface area contributed by atoms with Crippen molar-refractivity contribution in [3.05, 3.63) is 471 Å². The SMILES string of the molecule is Cc1cccc(-c2cccc(-c3ccccc3)c2B2c3ccccc3N(c3ccccc3)c3ccc(C(C)(C)C)cc32)c1.Cc1cccc(-c2cccc(-c3ccccc3)c2B2c3ccccc3N(c3ccccc3)c3ccc(C)cc32)c1.Cc1cccc(-c2cccc(-c3ccccc3)c2B2c3ccccc3N(c3ccccc3)c3ccccc32)c1. The van der Waals surface area contributed by atoms with E-state index in [9.17, 15) is 0 Å². The van der Waals surface area contributed by atoms with Gasteiger partial charge in [0.25, 0.3) is 0 Å². The predicted octanol–water partition coefficient (Wildman–Crippen LogP) is 24.5. The minimum atomic E-state index is 0.0203. The largest absolute Gasteiger partial charge is 0.312 e. The number of hydrogen-bond donors (Lipinski definition) is 0. The van der Waals surface area contributed by atoms with E-state index in [0.717, 1.165) is 0 Å². The summed E-state index contributed by atoms with van der Waals surface area (Å²) < 4.78 is 0. The molecule has 18 aromatic carbocycles. The second-order valence-electron chi connectivity index (χ2n) is 33.6. The van der Waals surface area contributed by atoms with Crippen LogP contribution in [0.25, 0.3) is 66.8 Å². The molecule has 0 aromatic heterocycles. The minimum Gasteiger partial charge on any atom is -0.312 e. The van der Waals surface area contributed by atoms with Gasteiger partial charge < -0.3 is 14.7 Å². The van der Waals surface area contributed by atoms with Crippen molar-refractivity contribution in [2.45, 2.75) is 53.9 Å². The summed E-state index contributed by atoms with van der Waals surface area (Å²) in [4.78, 5) is 7.29. The highest BCUT2D eigenvalue weighted by Crippen LogP contribution is 2.43. The van der Waals surface area contributed by atoms with E-state index in [1.54, 1.807) is 0 Å². The van der Waals surface area contributed by atoms with E-state index in [4.69, 9.17) is 0 Å². The van der Waals surface area contributed by atoms with Gasteiger partial charge in [0.2, 0.25) is 20.1 Å². The Kier molecular flexibility index (Phi) is 21.4. The smallest absolute Gasteiger partial charge is 0.248 e. The van der Waals surface area contributed by atoms with Crippen molar-refractivity contribution < 1.29 is 0 Å². The zero-order valence-corrected chi connectivity index (χ0v) is 70.2. The zero-order chi connectivity index (χ0) is 82.8. The van der Waals surface area contributed by atoms with Gasteiger partial charge in [-0.1, -0.05) is 429 Å². The number of fused-ring (bicyclic) bond motifs is 6. The van der Waals surface area contributed by atoms with E-state index in [-0.39, 0.29) is 25.6 Å². The van der Waals surface area contributed by atoms with Gasteiger partial charge in [-0.05, 0) is 211 Å². The number of rotatable bonds is 12. The first-order valence-corrected chi connectivity index (χ1v) is 42.8. The van der Waals surface area contributed by atoms with Crippen LogP contribution in [0, 0.1) is 27.7 Å². The fourth-order valence-electron chi connectivity index (χ4n) is 19.1. The van der Waals surface area contributed by atoms with Gasteiger partial charge in [-0.2, -0.15) is 0 Å². The molecule has 18 aromatic rings. The molecule has 0 amide bonds. The molecule has 0 saturated heterocycles. The second kappa shape index (κ2) is 33.7. The molecule has 0 spiro atoms. The topological polar surface area (TPSA) is 9.72 Å². The van der Waals surface area contributed by atoms with E-state index >= 15 is 0 Å². The highest BCUT2D eigenvalue weighted by atomic mass is 15.2. The van der Waals surface area contributed by atoms with Gasteiger partial charge >= 0.3 is 0 Å². The van der Waals surface area contributed by atoms with Crippen molar-refractivity contribution >= 4 is 120 Å². The Hall–Kier alpha value is -14.4. The maximum absolute atomic E-state index is 2.48. The quantitative estimate of drug-likeness (QED) is 0.113. The Bertz CT molecular complexity index is 6780. The van der Waals surface area contributed by atoms with E-state index in [0.29, 0.717) is 0 Å². The molecule has 6 heteroatoms. The molecule has 0 aliphatic carbocycles. The van der Waals surface area contributed by atoms with Crippen molar-refractivity contribution in [3.63, 3.8) is 0 Å². The molecule has 0 unspecified atom stereocenters. The van der Waals surface area contributed by atoms with Crippen LogP contribution in [0.2, 0.25) is 0 Å². The maximum atomic E-state index is 2.48. The molecule has 0 bridgehead atoms. The summed E-state index contributed by atoms with van der Waals surface area (Å²) in [6.07, 6.45) is 0. The zero-order valence-electron chi connectivity index (χ0n) is 70.2. The Balaban J connectivity index is 0.000000121. The average molecular weight is 1560 g/mol. The first kappa shape index (κ1) is 77.5. The van der Waals surface area contributed by atoms with Crippen LogP contribution in [0.15, 0.2) is 443 Å². The number of benzene rings is 18. The summed E-state index contributed by atoms with van der Waals surface area (Å²) >= 11 is 0. The Labute approximate surface area is 721 Å². The van der Waals surface area contributed by atoms with Crippen LogP contribution < -0.4 is 63.9 Å². The monoisotopic (exact) mass is 1560 g/mol. The molecule has 0 N–H and O–H groups in total. The molecule has 0 fully saturated rings. The van der Waals surface area contributed by atoms with Gasteiger partial charge in [0.1, 0.15) is 0 Å². The fourth-order valence-corrected chi connectivity index (χ4v) is 19.1. The second-order valence-corrected chi connectivity index (χ2v) is 33.6. The van der Waals surface area contributed by atoms with Crippen molar-refractivity contribution in [1.29, 1.82) is 0 Å². The van der Waals surface area contributed by atoms with Gasteiger partial charge in [-0.25, -0.2) is 0 Å². The Morgan fingerprint density at radius 3 is 0.713 bits per heavy atom. The first-order chi connectivity index (χ1) is 59.9. The third-order valence-electron chi connectivity index (χ3n) is 24.6. The van der Waals surface area contributed by atoms with Gasteiger partial charge in [-0.3, -0.25) is 0 Å². The lowest BCUT2D eigenvalue weighted by molar-refractivity contribution is 0.591. The summed E-state index contributed by atoms with van der Waals surface area (Å²) in [5.41, 5.74) is 44.5. The maximum Gasteiger partial charge on any atom is 0.248 e. The number of hydrogen-bond acceptors (Lipinski definition) is 3.